The van der Waals surface area contributed by atoms with Gasteiger partial charge in [0.05, 0.1) is 5.69 Å². The van der Waals surface area contributed by atoms with E-state index in [1.807, 2.05) is 47.4 Å². The van der Waals surface area contributed by atoms with E-state index in [-0.39, 0.29) is 5.91 Å². The molecule has 4 aromatic rings. The maximum absolute atomic E-state index is 13.3. The average molecular weight is 440 g/mol. The number of piperazine rings is 1. The molecule has 5 rings (SSSR count). The minimum atomic E-state index is 0.101. The Morgan fingerprint density at radius 2 is 1.50 bits per heavy atom. The van der Waals surface area contributed by atoms with Crippen molar-refractivity contribution in [3.63, 3.8) is 0 Å². The molecule has 0 N–H and O–H groups in total. The highest BCUT2D eigenvalue weighted by molar-refractivity contribution is 7.14. The van der Waals surface area contributed by atoms with Gasteiger partial charge in [0.1, 0.15) is 0 Å². The second kappa shape index (κ2) is 8.97. The molecule has 4 nitrogen and oxygen atoms in total. The van der Waals surface area contributed by atoms with Crippen LogP contribution in [0.3, 0.4) is 0 Å². The number of hydrogen-bond acceptors (Lipinski definition) is 4. The van der Waals surface area contributed by atoms with Gasteiger partial charge in [-0.3, -0.25) is 4.79 Å². The maximum atomic E-state index is 13.3. The summed E-state index contributed by atoms with van der Waals surface area (Å²) >= 11 is 1.67. The smallest absolute Gasteiger partial charge is 0.254 e. The lowest BCUT2D eigenvalue weighted by atomic mass is 9.98. The largest absolute Gasteiger partial charge is 0.345 e. The summed E-state index contributed by atoms with van der Waals surface area (Å²) in [4.78, 5) is 22.5. The van der Waals surface area contributed by atoms with E-state index in [2.05, 4.69) is 53.6 Å². The lowest BCUT2D eigenvalue weighted by molar-refractivity contribution is 0.0747. The Morgan fingerprint density at radius 3 is 2.25 bits per heavy atom. The number of benzene rings is 3. The third kappa shape index (κ3) is 4.16. The number of carbonyl (C=O) groups is 1. The van der Waals surface area contributed by atoms with E-state index in [1.165, 1.54) is 5.56 Å². The minimum absolute atomic E-state index is 0.101. The van der Waals surface area contributed by atoms with Gasteiger partial charge in [-0.15, -0.1) is 11.3 Å². The summed E-state index contributed by atoms with van der Waals surface area (Å²) in [6.45, 7) is 5.07. The molecule has 0 spiro atoms. The summed E-state index contributed by atoms with van der Waals surface area (Å²) < 4.78 is 0. The molecule has 1 aromatic heterocycles. The van der Waals surface area contributed by atoms with Gasteiger partial charge in [0.2, 0.25) is 0 Å². The van der Waals surface area contributed by atoms with Crippen LogP contribution < -0.4 is 4.90 Å². The molecule has 1 amide bonds. The molecule has 0 aliphatic carbocycles. The highest BCUT2D eigenvalue weighted by atomic mass is 32.1. The van der Waals surface area contributed by atoms with Gasteiger partial charge in [-0.2, -0.15) is 0 Å². The molecule has 1 aliphatic rings. The molecule has 0 bridgehead atoms. The van der Waals surface area contributed by atoms with E-state index in [4.69, 9.17) is 4.98 Å². The van der Waals surface area contributed by atoms with Crippen LogP contribution in [-0.4, -0.2) is 42.0 Å². The summed E-state index contributed by atoms with van der Waals surface area (Å²) in [6.07, 6.45) is 0. The molecule has 5 heteroatoms. The number of amides is 1. The monoisotopic (exact) mass is 439 g/mol. The zero-order valence-corrected chi connectivity index (χ0v) is 18.9. The molecule has 0 radical (unpaired) electrons. The first-order valence-corrected chi connectivity index (χ1v) is 11.8. The van der Waals surface area contributed by atoms with Gasteiger partial charge in [0.15, 0.2) is 5.13 Å². The van der Waals surface area contributed by atoms with Crippen LogP contribution in [0.15, 0.2) is 84.2 Å². The van der Waals surface area contributed by atoms with Gasteiger partial charge in [0.25, 0.3) is 5.91 Å². The van der Waals surface area contributed by atoms with Crippen LogP contribution in [0.4, 0.5) is 5.13 Å². The van der Waals surface area contributed by atoms with Gasteiger partial charge in [-0.1, -0.05) is 78.4 Å². The lowest BCUT2D eigenvalue weighted by Crippen LogP contribution is -2.48. The van der Waals surface area contributed by atoms with E-state index < -0.39 is 0 Å². The van der Waals surface area contributed by atoms with E-state index >= 15 is 0 Å². The second-order valence-electron chi connectivity index (χ2n) is 8.07. The van der Waals surface area contributed by atoms with Gasteiger partial charge >= 0.3 is 0 Å². The summed E-state index contributed by atoms with van der Waals surface area (Å²) in [5.41, 5.74) is 6.23. The van der Waals surface area contributed by atoms with Crippen molar-refractivity contribution >= 4 is 22.4 Å². The van der Waals surface area contributed by atoms with Crippen LogP contribution >= 0.6 is 11.3 Å². The third-order valence-electron chi connectivity index (χ3n) is 5.92. The van der Waals surface area contributed by atoms with Crippen molar-refractivity contribution in [3.8, 4) is 22.4 Å². The Balaban J connectivity index is 1.28. The first-order valence-electron chi connectivity index (χ1n) is 10.9. The van der Waals surface area contributed by atoms with E-state index in [9.17, 15) is 4.79 Å². The fourth-order valence-corrected chi connectivity index (χ4v) is 4.97. The maximum Gasteiger partial charge on any atom is 0.254 e. The third-order valence-corrected chi connectivity index (χ3v) is 6.82. The van der Waals surface area contributed by atoms with Crippen LogP contribution in [0, 0.1) is 6.92 Å². The van der Waals surface area contributed by atoms with E-state index in [1.54, 1.807) is 11.3 Å². The summed E-state index contributed by atoms with van der Waals surface area (Å²) in [5, 5.41) is 3.14. The molecule has 160 valence electrons. The van der Waals surface area contributed by atoms with Gasteiger partial charge in [-0.05, 0) is 24.1 Å². The molecular weight excluding hydrogens is 414 g/mol. The molecule has 2 heterocycles. The van der Waals surface area contributed by atoms with E-state index in [0.29, 0.717) is 13.1 Å². The van der Waals surface area contributed by atoms with Crippen molar-refractivity contribution < 1.29 is 4.79 Å². The van der Waals surface area contributed by atoms with Crippen LogP contribution in [-0.2, 0) is 0 Å². The number of rotatable bonds is 4. The standard InChI is InChI=1S/C27H25N3OS/c1-20-11-13-22(14-12-20)25-19-32-27(28-25)30-17-15-29(16-18-30)26(31)24-10-6-5-9-23(24)21-7-3-2-4-8-21/h2-14,19H,15-18H2,1H3. The molecular formula is C27H25N3OS. The number of aromatic nitrogens is 1. The summed E-state index contributed by atoms with van der Waals surface area (Å²) in [5.74, 6) is 0.101. The lowest BCUT2D eigenvalue weighted by Gasteiger charge is -2.35. The quantitative estimate of drug-likeness (QED) is 0.406. The topological polar surface area (TPSA) is 36.4 Å². The fraction of sp³-hybridized carbons (Fsp3) is 0.185. The second-order valence-corrected chi connectivity index (χ2v) is 8.91. The summed E-state index contributed by atoms with van der Waals surface area (Å²) in [6, 6.07) is 26.5. The van der Waals surface area contributed by atoms with Gasteiger partial charge in [0, 0.05) is 42.7 Å². The fourth-order valence-electron chi connectivity index (χ4n) is 4.08. The predicted octanol–water partition coefficient (Wildman–Crippen LogP) is 5.75. The first kappa shape index (κ1) is 20.5. The average Bonchev–Trinajstić information content (AvgIpc) is 3.35. The summed E-state index contributed by atoms with van der Waals surface area (Å²) in [7, 11) is 0. The molecule has 0 unspecified atom stereocenters. The molecule has 0 atom stereocenters. The van der Waals surface area contributed by atoms with Crippen molar-refractivity contribution in [1.29, 1.82) is 0 Å². The van der Waals surface area contributed by atoms with Crippen LogP contribution in [0.25, 0.3) is 22.4 Å². The van der Waals surface area contributed by atoms with Crippen molar-refractivity contribution in [2.75, 3.05) is 31.1 Å². The van der Waals surface area contributed by atoms with Crippen molar-refractivity contribution in [1.82, 2.24) is 9.88 Å². The number of anilines is 1. The number of thiazole rings is 1. The van der Waals surface area contributed by atoms with Gasteiger partial charge in [-0.25, -0.2) is 4.98 Å². The molecule has 0 saturated carbocycles. The Morgan fingerprint density at radius 1 is 0.812 bits per heavy atom. The Kier molecular flexibility index (Phi) is 5.73. The molecule has 1 fully saturated rings. The van der Waals surface area contributed by atoms with Crippen molar-refractivity contribution in [2.45, 2.75) is 6.92 Å². The normalized spacial score (nSPS) is 13.9. The van der Waals surface area contributed by atoms with Crippen LogP contribution in [0.5, 0.6) is 0 Å². The SMILES string of the molecule is Cc1ccc(-c2csc(N3CCN(C(=O)c4ccccc4-c4ccccc4)CC3)n2)cc1. The first-order chi connectivity index (χ1) is 15.7. The molecule has 1 aliphatic heterocycles. The zero-order valence-electron chi connectivity index (χ0n) is 18.1. The molecule has 32 heavy (non-hydrogen) atoms. The highest BCUT2D eigenvalue weighted by Gasteiger charge is 2.25. The number of nitrogens with zero attached hydrogens (tertiary/aromatic N) is 3. The van der Waals surface area contributed by atoms with Crippen LogP contribution in [0.2, 0.25) is 0 Å². The number of carbonyl (C=O) groups excluding carboxylic acids is 1. The number of aryl methyl sites for hydroxylation is 1. The van der Waals surface area contributed by atoms with Gasteiger partial charge < -0.3 is 9.80 Å². The molecule has 3 aromatic carbocycles. The number of hydrogen-bond donors (Lipinski definition) is 0. The minimum Gasteiger partial charge on any atom is -0.345 e. The Hall–Kier alpha value is -3.44. The highest BCUT2D eigenvalue weighted by Crippen LogP contribution is 2.29. The van der Waals surface area contributed by atoms with Crippen molar-refractivity contribution in [2.24, 2.45) is 0 Å². The predicted molar refractivity (Wildman–Crippen MR) is 132 cm³/mol. The van der Waals surface area contributed by atoms with E-state index in [0.717, 1.165) is 46.2 Å². The van der Waals surface area contributed by atoms with Crippen molar-refractivity contribution in [3.05, 3.63) is 95.4 Å². The molecule has 1 saturated heterocycles. The Bertz CT molecular complexity index is 1210. The zero-order chi connectivity index (χ0) is 21.9. The Labute approximate surface area is 192 Å². The van der Waals surface area contributed by atoms with Crippen LogP contribution in [0.1, 0.15) is 15.9 Å².